The quantitative estimate of drug-likeness (QED) is 0.00321. The van der Waals surface area contributed by atoms with Crippen molar-refractivity contribution in [3.8, 4) is 70.3 Å². The average molecular weight is 2280 g/mol. The first-order valence-corrected chi connectivity index (χ1v) is 51.5. The molecule has 0 saturated heterocycles. The molecule has 0 aromatic heterocycles. The number of carbonyl (C=O) groups is 6. The molecule has 0 bridgehead atoms. The van der Waals surface area contributed by atoms with Crippen molar-refractivity contribution in [1.82, 2.24) is 21.3 Å². The second-order valence-electron chi connectivity index (χ2n) is 27.2. The van der Waals surface area contributed by atoms with Gasteiger partial charge in [0.05, 0.1) is 26.8 Å². The Morgan fingerprint density at radius 2 is 0.620 bits per heavy atom. The zero-order valence-corrected chi connectivity index (χ0v) is 83.6. The van der Waals surface area contributed by atoms with E-state index in [2.05, 4.69) is 178 Å². The van der Waals surface area contributed by atoms with E-state index in [4.69, 9.17) is 23.1 Å². The number of nitrogens with one attached hydrogen (secondary N) is 4. The fourth-order valence-electron chi connectivity index (χ4n) is 10.8. The third kappa shape index (κ3) is 44.5. The van der Waals surface area contributed by atoms with Crippen LogP contribution in [0, 0.1) is 24.7 Å². The number of Topliss-reactive ketones (excluding diaryl/α,β-unsaturated/α-hetero) is 2. The van der Waals surface area contributed by atoms with Gasteiger partial charge in [0.15, 0.2) is 11.6 Å². The Balaban J connectivity index is 0.000000501. The Bertz CT molecular complexity index is 4830. The summed E-state index contributed by atoms with van der Waals surface area (Å²) in [5, 5.41) is 165. The molecule has 2 atom stereocenters. The standard InChI is InChI=1S/C46H48Br4N6O12S4.C22H24Br2N4O6S2.C19H26O2/c47-31-17-25(5-7-39(31)57)21-35(53-65)41(59)3-1-11-69-70-12-2-4-42(60)36(54-66)23-27-15-29(43(61)33(49)19-27)30-16-28(20-34(50)44(30)62)24-38(56-68)46(64)52-10-14-72-71-13-9-51-45(63)37(55-67)22-26-6-8-40(58)32(48)18-26;23-15-9-13(1-3-19(15)29)11-17(27-33)21(31)25-5-7-35-36-8-6-26-22(32)18(28-34)12-14-2-4-20(30)16(24)10-14;1-3-18(20)16-14-12-10-8-6-5-7-9-11-13-15-17-19(21)4-2/h5-8,15-20,57-58,61-62,65-68H,1-4,9-14,21-24H2,(H,51,63)(H,52,64);1-4,9-10,29-30,33-34H,5-8,11-12H2,(H,25,31)(H,26,32);1-2,5-6,13-16,18-21H,7-12,17H2/b53-35-,54-36-,55-37-,56-38-;27-17-,28-18-;6-5-,15-13?,16-14?. The molecule has 0 spiro atoms. The van der Waals surface area contributed by atoms with E-state index in [-0.39, 0.29) is 159 Å². The van der Waals surface area contributed by atoms with E-state index in [1.807, 2.05) is 12.2 Å². The van der Waals surface area contributed by atoms with Gasteiger partial charge in [0.2, 0.25) is 0 Å². The summed E-state index contributed by atoms with van der Waals surface area (Å²) < 4.78 is 2.30. The fraction of sp³-hybridized carbons (Fsp3) is 0.333. The van der Waals surface area contributed by atoms with Gasteiger partial charge in [-0.2, -0.15) is 0 Å². The lowest BCUT2D eigenvalue weighted by molar-refractivity contribution is -0.115. The highest BCUT2D eigenvalue weighted by atomic mass is 79.9. The van der Waals surface area contributed by atoms with E-state index in [1.54, 1.807) is 60.7 Å². The Morgan fingerprint density at radius 3 is 0.915 bits per heavy atom. The summed E-state index contributed by atoms with van der Waals surface area (Å²) in [6.07, 6.45) is 28.8. The number of hydrogen-bond donors (Lipinski definition) is 18. The first kappa shape index (κ1) is 113. The lowest BCUT2D eigenvalue weighted by Gasteiger charge is -2.15. The van der Waals surface area contributed by atoms with Crippen LogP contribution in [0.2, 0.25) is 0 Å². The fourth-order valence-corrected chi connectivity index (χ4v) is 19.4. The van der Waals surface area contributed by atoms with Crippen molar-refractivity contribution >= 4 is 230 Å². The van der Waals surface area contributed by atoms with Gasteiger partial charge in [0, 0.05) is 130 Å². The molecule has 0 heterocycles. The van der Waals surface area contributed by atoms with E-state index >= 15 is 0 Å². The van der Waals surface area contributed by atoms with Crippen LogP contribution in [0.15, 0.2) is 191 Å². The SMILES string of the molecule is C#CC(O)C=CCCC/C=C\CCCC=CCC(O)C#C.O=C(CCCSSCCCC(=O)/C(Cc1cc(Br)c(O)c(-c2cc(C/C(=N/O)C(=O)NCCSSCCNC(=O)/C(Cc3ccc(O)c(Br)c3)=N\O)cc(Br)c2O)c1)=N\O)/C(Cc1ccc(O)c(Br)c1)=N\O.O=C(NCCSSCCNC(=O)/C(Cc1ccc(O)c(Br)c1)=N\O)/C(Cc1ccc(O)c(Br)c1)=N\O. The summed E-state index contributed by atoms with van der Waals surface area (Å²) in [4.78, 5) is 75.7. The number of rotatable bonds is 53. The topological polar surface area (TPSA) is 508 Å². The van der Waals surface area contributed by atoms with Crippen molar-refractivity contribution in [1.29, 1.82) is 0 Å². The number of aliphatic hydroxyl groups is 2. The van der Waals surface area contributed by atoms with E-state index < -0.39 is 41.6 Å². The summed E-state index contributed by atoms with van der Waals surface area (Å²) in [6.45, 7) is 1.19. The molecule has 0 fully saturated rings. The second-order valence-corrected chi connectivity index (χ2v) is 40.4. The number of halogens is 6. The Kier molecular flexibility index (Phi) is 56.8. The van der Waals surface area contributed by atoms with Gasteiger partial charge >= 0.3 is 0 Å². The van der Waals surface area contributed by atoms with Crippen molar-refractivity contribution in [3.63, 3.8) is 0 Å². The molecule has 18 N–H and O–H groups in total. The van der Waals surface area contributed by atoms with Gasteiger partial charge in [0.25, 0.3) is 23.6 Å². The minimum Gasteiger partial charge on any atom is -0.507 e. The zero-order valence-electron chi connectivity index (χ0n) is 69.2. The average Bonchev–Trinajstić information content (AvgIpc) is 0.783. The molecule has 0 saturated carbocycles. The van der Waals surface area contributed by atoms with Crippen LogP contribution in [0.3, 0.4) is 0 Å². The van der Waals surface area contributed by atoms with Crippen LogP contribution >= 0.6 is 160 Å². The Labute approximate surface area is 821 Å². The molecule has 129 heavy (non-hydrogen) atoms. The molecule has 6 aromatic carbocycles. The highest BCUT2D eigenvalue weighted by molar-refractivity contribution is 9.11. The number of unbranched alkanes of at least 4 members (excludes halogenated alkanes) is 4. The van der Waals surface area contributed by atoms with Crippen molar-refractivity contribution in [2.75, 3.05) is 60.7 Å². The minimum atomic E-state index is -0.754. The highest BCUT2D eigenvalue weighted by Crippen LogP contribution is 2.44. The van der Waals surface area contributed by atoms with Crippen LogP contribution in [0.4, 0.5) is 0 Å². The summed E-state index contributed by atoms with van der Waals surface area (Å²) >= 11 is 19.5. The predicted octanol–water partition coefficient (Wildman–Crippen LogP) is 16.9. The van der Waals surface area contributed by atoms with Crippen LogP contribution in [-0.4, -0.2) is 214 Å². The molecular weight excluding hydrogens is 2180 g/mol. The minimum absolute atomic E-state index is 0.0213. The molecular formula is C87H98Br6N10O20S6. The molecule has 0 aliphatic heterocycles. The van der Waals surface area contributed by atoms with Crippen LogP contribution in [0.5, 0.6) is 34.5 Å². The van der Waals surface area contributed by atoms with Crippen molar-refractivity contribution in [2.45, 2.75) is 121 Å². The molecule has 4 amide bonds. The van der Waals surface area contributed by atoms with Gasteiger partial charge in [-0.05, 0) is 259 Å². The van der Waals surface area contributed by atoms with Gasteiger partial charge in [-0.25, -0.2) is 0 Å². The first-order valence-electron chi connectivity index (χ1n) is 39.3. The zero-order chi connectivity index (χ0) is 95.0. The lowest BCUT2D eigenvalue weighted by Crippen LogP contribution is -2.34. The molecule has 0 radical (unpaired) electrons. The Morgan fingerprint density at radius 1 is 0.349 bits per heavy atom. The number of phenolic OH excluding ortho intramolecular Hbond substituents is 6. The number of nitrogens with zero attached hydrogens (tertiary/aromatic N) is 6. The van der Waals surface area contributed by atoms with E-state index in [0.29, 0.717) is 118 Å². The molecule has 6 rings (SSSR count). The second kappa shape index (κ2) is 65.1. The van der Waals surface area contributed by atoms with Gasteiger partial charge in [0.1, 0.15) is 81.0 Å². The molecule has 0 aliphatic carbocycles. The summed E-state index contributed by atoms with van der Waals surface area (Å²) in [6, 6.07) is 25.1. The largest absolute Gasteiger partial charge is 0.507 e. The van der Waals surface area contributed by atoms with Gasteiger partial charge < -0.3 is 93.4 Å². The molecule has 42 heteroatoms. The monoisotopic (exact) mass is 2270 g/mol. The van der Waals surface area contributed by atoms with Crippen LogP contribution in [0.25, 0.3) is 11.1 Å². The maximum Gasteiger partial charge on any atom is 0.269 e. The number of aliphatic hydroxyl groups excluding tert-OH is 2. The highest BCUT2D eigenvalue weighted by Gasteiger charge is 2.24. The molecule has 694 valence electrons. The van der Waals surface area contributed by atoms with Crippen LogP contribution < -0.4 is 21.3 Å². The number of terminal acetylenes is 2. The number of phenols is 6. The number of aromatic hydroxyl groups is 6. The normalized spacial score (nSPS) is 12.5. The van der Waals surface area contributed by atoms with Crippen molar-refractivity contribution in [2.24, 2.45) is 30.9 Å². The summed E-state index contributed by atoms with van der Waals surface area (Å²) in [5.41, 5.74) is 3.39. The lowest BCUT2D eigenvalue weighted by atomic mass is 9.95. The molecule has 30 nitrogen and oxygen atoms in total. The van der Waals surface area contributed by atoms with E-state index in [1.165, 1.54) is 107 Å². The number of carbonyl (C=O) groups excluding carboxylic acids is 6. The van der Waals surface area contributed by atoms with Crippen molar-refractivity contribution < 1.29 is 101 Å². The number of oxime groups is 6. The van der Waals surface area contributed by atoms with Crippen LogP contribution in [0.1, 0.15) is 104 Å². The third-order valence-electron chi connectivity index (χ3n) is 17.5. The number of amides is 4. The third-order valence-corrected chi connectivity index (χ3v) is 28.6. The van der Waals surface area contributed by atoms with Crippen LogP contribution in [-0.2, 0) is 67.3 Å². The number of allylic oxidation sites excluding steroid dienone is 4. The Hall–Kier alpha value is -8.60. The molecule has 6 aromatic rings. The maximum absolute atomic E-state index is 13.1. The van der Waals surface area contributed by atoms with Gasteiger partial charge in [-0.1, -0.05) is 162 Å². The van der Waals surface area contributed by atoms with E-state index in [9.17, 15) is 90.6 Å². The molecule has 0 aliphatic rings. The van der Waals surface area contributed by atoms with Crippen molar-refractivity contribution in [3.05, 3.63) is 194 Å². The van der Waals surface area contributed by atoms with Gasteiger partial charge in [-0.3, -0.25) is 28.8 Å². The predicted molar refractivity (Wildman–Crippen MR) is 536 cm³/mol. The number of hydrogen-bond acceptors (Lipinski definition) is 32. The van der Waals surface area contributed by atoms with E-state index in [0.717, 1.165) is 38.5 Å². The summed E-state index contributed by atoms with van der Waals surface area (Å²) in [5.74, 6) is 4.81. The smallest absolute Gasteiger partial charge is 0.269 e. The number of ketones is 2. The summed E-state index contributed by atoms with van der Waals surface area (Å²) in [7, 11) is 8.92. The first-order chi connectivity index (χ1) is 61.9. The number of benzene rings is 6. The molecule has 2 unspecified atom stereocenters. The maximum atomic E-state index is 13.1. The van der Waals surface area contributed by atoms with Gasteiger partial charge in [-0.15, -0.1) is 12.8 Å².